The number of thiazole rings is 1. The van der Waals surface area contributed by atoms with E-state index in [2.05, 4.69) is 15.4 Å². The first-order valence-electron chi connectivity index (χ1n) is 8.60. The normalized spacial score (nSPS) is 20.7. The molecule has 130 valence electrons. The van der Waals surface area contributed by atoms with Gasteiger partial charge in [0.25, 0.3) is 5.91 Å². The van der Waals surface area contributed by atoms with E-state index in [0.717, 1.165) is 47.3 Å². The second kappa shape index (κ2) is 6.57. The van der Waals surface area contributed by atoms with E-state index in [4.69, 9.17) is 5.73 Å². The molecule has 4 rings (SSSR count). The lowest BCUT2D eigenvalue weighted by molar-refractivity contribution is 0.0921. The molecule has 3 heterocycles. The number of nitrogens with one attached hydrogen (secondary N) is 1. The van der Waals surface area contributed by atoms with Gasteiger partial charge in [-0.25, -0.2) is 9.50 Å². The molecular weight excluding hydrogens is 334 g/mol. The summed E-state index contributed by atoms with van der Waals surface area (Å²) in [4.78, 5) is 18.2. The van der Waals surface area contributed by atoms with Crippen LogP contribution in [0, 0.1) is 6.92 Å². The molecule has 3 aromatic heterocycles. The second-order valence-corrected chi connectivity index (χ2v) is 7.74. The van der Waals surface area contributed by atoms with Gasteiger partial charge < -0.3 is 11.1 Å². The van der Waals surface area contributed by atoms with Crippen LogP contribution in [0.1, 0.15) is 40.4 Å². The Morgan fingerprint density at radius 3 is 3.04 bits per heavy atom. The highest BCUT2D eigenvalue weighted by atomic mass is 32.1. The van der Waals surface area contributed by atoms with E-state index in [1.807, 2.05) is 35.8 Å². The Morgan fingerprint density at radius 2 is 2.20 bits per heavy atom. The molecule has 3 aromatic rings. The van der Waals surface area contributed by atoms with Crippen LogP contribution in [-0.2, 0) is 0 Å². The minimum atomic E-state index is -0.127. The minimum absolute atomic E-state index is 0.0397. The van der Waals surface area contributed by atoms with Crippen molar-refractivity contribution in [3.63, 3.8) is 0 Å². The Hall–Kier alpha value is -2.25. The third-order valence-corrected chi connectivity index (χ3v) is 5.78. The molecule has 0 bridgehead atoms. The van der Waals surface area contributed by atoms with Crippen molar-refractivity contribution >= 4 is 22.8 Å². The summed E-state index contributed by atoms with van der Waals surface area (Å²) in [6, 6.07) is 6.00. The number of amides is 1. The maximum absolute atomic E-state index is 12.6. The van der Waals surface area contributed by atoms with Gasteiger partial charge in [0.2, 0.25) is 0 Å². The van der Waals surface area contributed by atoms with E-state index < -0.39 is 0 Å². The van der Waals surface area contributed by atoms with Crippen molar-refractivity contribution in [2.45, 2.75) is 44.7 Å². The Balaban J connectivity index is 1.60. The second-order valence-electron chi connectivity index (χ2n) is 6.54. The van der Waals surface area contributed by atoms with Crippen molar-refractivity contribution in [1.82, 2.24) is 19.9 Å². The van der Waals surface area contributed by atoms with Crippen molar-refractivity contribution in [1.29, 1.82) is 0 Å². The molecule has 0 aliphatic heterocycles. The number of nitrogens with zero attached hydrogens (tertiary/aromatic N) is 3. The predicted molar refractivity (Wildman–Crippen MR) is 98.7 cm³/mol. The molecule has 0 spiro atoms. The highest BCUT2D eigenvalue weighted by Gasteiger charge is 2.25. The standard InChI is InChI=1S/C18H21N5OS/c1-11-16(12-10-20-23-9-5-4-8-15(12)23)22-18(25-11)17(24)21-14-7-3-2-6-13(14)19/h4-5,8-10,13-14H,2-3,6-7,19H2,1H3,(H,21,24)/t13-,14?/m1/s1. The van der Waals surface area contributed by atoms with E-state index in [1.54, 1.807) is 6.20 Å². The summed E-state index contributed by atoms with van der Waals surface area (Å²) < 4.78 is 1.81. The van der Waals surface area contributed by atoms with Gasteiger partial charge in [-0.3, -0.25) is 4.79 Å². The smallest absolute Gasteiger partial charge is 0.280 e. The molecule has 2 atom stereocenters. The summed E-state index contributed by atoms with van der Waals surface area (Å²) in [7, 11) is 0. The van der Waals surface area contributed by atoms with Crippen LogP contribution >= 0.6 is 11.3 Å². The topological polar surface area (TPSA) is 85.3 Å². The highest BCUT2D eigenvalue weighted by Crippen LogP contribution is 2.30. The number of nitrogens with two attached hydrogens (primary N) is 1. The van der Waals surface area contributed by atoms with Gasteiger partial charge in [-0.05, 0) is 31.9 Å². The Morgan fingerprint density at radius 1 is 1.36 bits per heavy atom. The van der Waals surface area contributed by atoms with Crippen LogP contribution in [0.25, 0.3) is 16.8 Å². The van der Waals surface area contributed by atoms with E-state index in [-0.39, 0.29) is 18.0 Å². The number of hydrogen-bond acceptors (Lipinski definition) is 5. The molecule has 0 radical (unpaired) electrons. The molecule has 1 saturated carbocycles. The van der Waals surface area contributed by atoms with Crippen LogP contribution in [-0.4, -0.2) is 32.6 Å². The molecule has 1 aliphatic rings. The van der Waals surface area contributed by atoms with Gasteiger partial charge in [0, 0.05) is 28.7 Å². The van der Waals surface area contributed by atoms with Gasteiger partial charge in [0.1, 0.15) is 0 Å². The van der Waals surface area contributed by atoms with E-state index in [0.29, 0.717) is 5.01 Å². The third kappa shape index (κ3) is 3.05. The summed E-state index contributed by atoms with van der Waals surface area (Å²) in [6.45, 7) is 1.99. The molecular formula is C18H21N5OS. The summed E-state index contributed by atoms with van der Waals surface area (Å²) in [5.41, 5.74) is 8.89. The lowest BCUT2D eigenvalue weighted by Gasteiger charge is -2.28. The molecule has 1 unspecified atom stereocenters. The van der Waals surface area contributed by atoms with E-state index >= 15 is 0 Å². The van der Waals surface area contributed by atoms with Crippen molar-refractivity contribution in [2.75, 3.05) is 0 Å². The maximum atomic E-state index is 12.6. The van der Waals surface area contributed by atoms with Gasteiger partial charge in [-0.15, -0.1) is 11.3 Å². The first-order chi connectivity index (χ1) is 12.1. The fourth-order valence-electron chi connectivity index (χ4n) is 3.43. The van der Waals surface area contributed by atoms with E-state index in [9.17, 15) is 4.79 Å². The zero-order chi connectivity index (χ0) is 17.4. The zero-order valence-electron chi connectivity index (χ0n) is 14.1. The van der Waals surface area contributed by atoms with Crippen molar-refractivity contribution in [3.8, 4) is 11.3 Å². The quantitative estimate of drug-likeness (QED) is 0.756. The number of aromatic nitrogens is 3. The minimum Gasteiger partial charge on any atom is -0.346 e. The number of aryl methyl sites for hydroxylation is 1. The monoisotopic (exact) mass is 355 g/mol. The summed E-state index contributed by atoms with van der Waals surface area (Å²) in [6.07, 6.45) is 7.87. The van der Waals surface area contributed by atoms with Gasteiger partial charge in [-0.1, -0.05) is 18.9 Å². The van der Waals surface area contributed by atoms with Gasteiger partial charge in [0.15, 0.2) is 5.01 Å². The molecule has 0 saturated heterocycles. The lowest BCUT2D eigenvalue weighted by Crippen LogP contribution is -2.49. The van der Waals surface area contributed by atoms with Crippen LogP contribution in [0.5, 0.6) is 0 Å². The molecule has 1 amide bonds. The van der Waals surface area contributed by atoms with Crippen LogP contribution < -0.4 is 11.1 Å². The molecule has 6 nitrogen and oxygen atoms in total. The fraction of sp³-hybridized carbons (Fsp3) is 0.389. The lowest BCUT2D eigenvalue weighted by atomic mass is 9.91. The van der Waals surface area contributed by atoms with E-state index in [1.165, 1.54) is 11.3 Å². The summed E-state index contributed by atoms with van der Waals surface area (Å²) >= 11 is 1.42. The maximum Gasteiger partial charge on any atom is 0.280 e. The molecule has 1 fully saturated rings. The van der Waals surface area contributed by atoms with Crippen LogP contribution in [0.4, 0.5) is 0 Å². The Bertz CT molecular complexity index is 915. The molecule has 0 aromatic carbocycles. The predicted octanol–water partition coefficient (Wildman–Crippen LogP) is 2.77. The average molecular weight is 355 g/mol. The summed E-state index contributed by atoms with van der Waals surface area (Å²) in [5.74, 6) is -0.127. The number of hydrogen-bond donors (Lipinski definition) is 2. The van der Waals surface area contributed by atoms with Crippen molar-refractivity contribution in [2.24, 2.45) is 5.73 Å². The zero-order valence-corrected chi connectivity index (χ0v) is 14.9. The van der Waals surface area contributed by atoms with Gasteiger partial charge in [-0.2, -0.15) is 5.10 Å². The van der Waals surface area contributed by atoms with Crippen LogP contribution in [0.2, 0.25) is 0 Å². The Labute approximate surface area is 150 Å². The van der Waals surface area contributed by atoms with Gasteiger partial charge >= 0.3 is 0 Å². The largest absolute Gasteiger partial charge is 0.346 e. The number of carbonyl (C=O) groups excluding carboxylic acids is 1. The first kappa shape index (κ1) is 16.2. The highest BCUT2D eigenvalue weighted by molar-refractivity contribution is 7.14. The number of rotatable bonds is 3. The SMILES string of the molecule is Cc1sc(C(=O)NC2CCCC[C@H]2N)nc1-c1cnn2ccccc12. The van der Waals surface area contributed by atoms with Gasteiger partial charge in [0.05, 0.1) is 17.4 Å². The van der Waals surface area contributed by atoms with Crippen molar-refractivity contribution < 1.29 is 4.79 Å². The van der Waals surface area contributed by atoms with Crippen LogP contribution in [0.15, 0.2) is 30.6 Å². The average Bonchev–Trinajstić information content (AvgIpc) is 3.20. The number of pyridine rings is 1. The Kier molecular flexibility index (Phi) is 4.27. The molecule has 7 heteroatoms. The summed E-state index contributed by atoms with van der Waals surface area (Å²) in [5, 5.41) is 7.92. The van der Waals surface area contributed by atoms with Crippen LogP contribution in [0.3, 0.4) is 0 Å². The third-order valence-electron chi connectivity index (χ3n) is 4.81. The fourth-order valence-corrected chi connectivity index (χ4v) is 4.26. The molecule has 3 N–H and O–H groups in total. The number of carbonyl (C=O) groups is 1. The number of fused-ring (bicyclic) bond motifs is 1. The molecule has 1 aliphatic carbocycles. The van der Waals surface area contributed by atoms with Crippen molar-refractivity contribution in [3.05, 3.63) is 40.5 Å². The first-order valence-corrected chi connectivity index (χ1v) is 9.42. The molecule has 25 heavy (non-hydrogen) atoms.